The Morgan fingerprint density at radius 3 is 2.70 bits per heavy atom. The second-order valence-corrected chi connectivity index (χ2v) is 7.51. The molecule has 1 amide bonds. The molecule has 1 atom stereocenters. The van der Waals surface area contributed by atoms with E-state index >= 15 is 0 Å². The van der Waals surface area contributed by atoms with Crippen LogP contribution >= 0.6 is 0 Å². The Balaban J connectivity index is 2.18. The molecule has 1 aromatic heterocycles. The summed E-state index contributed by atoms with van der Waals surface area (Å²) in [4.78, 5) is 18.6. The number of nitrogens with one attached hydrogen (secondary N) is 1. The van der Waals surface area contributed by atoms with E-state index < -0.39 is 15.8 Å². The number of aromatic nitrogens is 2. The third-order valence-electron chi connectivity index (χ3n) is 4.12. The first kappa shape index (κ1) is 17.9. The highest BCUT2D eigenvalue weighted by Crippen LogP contribution is 2.21. The summed E-state index contributed by atoms with van der Waals surface area (Å²) >= 11 is 0. The normalized spacial score (nSPS) is 19.3. The third-order valence-corrected chi connectivity index (χ3v) is 6.04. The molecule has 0 radical (unpaired) electrons. The van der Waals surface area contributed by atoms with Gasteiger partial charge >= 0.3 is 0 Å². The van der Waals surface area contributed by atoms with Gasteiger partial charge < -0.3 is 14.8 Å². The number of carbonyl (C=O) groups is 1. The lowest BCUT2D eigenvalue weighted by Gasteiger charge is -2.36. The highest BCUT2D eigenvalue weighted by molar-refractivity contribution is 7.89. The van der Waals surface area contributed by atoms with Crippen molar-refractivity contribution in [1.82, 2.24) is 24.1 Å². The van der Waals surface area contributed by atoms with Crippen LogP contribution in [0.3, 0.4) is 0 Å². The van der Waals surface area contributed by atoms with E-state index in [0.717, 1.165) is 5.82 Å². The summed E-state index contributed by atoms with van der Waals surface area (Å²) in [6.45, 7) is 5.98. The van der Waals surface area contributed by atoms with Gasteiger partial charge in [-0.1, -0.05) is 13.8 Å². The van der Waals surface area contributed by atoms with Crippen LogP contribution in [0, 0.1) is 0 Å². The molecular formula is C14H25N5O3S. The minimum atomic E-state index is -3.58. The summed E-state index contributed by atoms with van der Waals surface area (Å²) in [5.41, 5.74) is 0. The number of nitrogens with zero attached hydrogens (tertiary/aromatic N) is 4. The Morgan fingerprint density at radius 2 is 2.13 bits per heavy atom. The minimum Gasteiger partial charge on any atom is -0.336 e. The summed E-state index contributed by atoms with van der Waals surface area (Å²) in [5, 5.41) is 3.24. The van der Waals surface area contributed by atoms with Gasteiger partial charge in [0.1, 0.15) is 17.6 Å². The van der Waals surface area contributed by atoms with Crippen molar-refractivity contribution < 1.29 is 13.2 Å². The summed E-state index contributed by atoms with van der Waals surface area (Å²) in [6, 6.07) is -0.247. The molecule has 8 nitrogen and oxygen atoms in total. The van der Waals surface area contributed by atoms with Crippen LogP contribution in [0.15, 0.2) is 12.4 Å². The molecule has 130 valence electrons. The number of aryl methyl sites for hydroxylation is 1. The molecule has 0 aliphatic carbocycles. The predicted molar refractivity (Wildman–Crippen MR) is 87.2 cm³/mol. The van der Waals surface area contributed by atoms with Crippen molar-refractivity contribution in [1.29, 1.82) is 0 Å². The summed E-state index contributed by atoms with van der Waals surface area (Å²) < 4.78 is 27.9. The van der Waals surface area contributed by atoms with Crippen molar-refractivity contribution in [2.75, 3.05) is 38.5 Å². The molecule has 0 bridgehead atoms. The van der Waals surface area contributed by atoms with Crippen molar-refractivity contribution in [3.63, 3.8) is 0 Å². The maximum Gasteiger partial charge on any atom is 0.239 e. The van der Waals surface area contributed by atoms with Crippen LogP contribution in [0.2, 0.25) is 0 Å². The first-order valence-corrected chi connectivity index (χ1v) is 9.46. The second kappa shape index (κ2) is 7.41. The number of piperazine rings is 1. The van der Waals surface area contributed by atoms with Gasteiger partial charge in [-0.2, -0.15) is 0 Å². The second-order valence-electron chi connectivity index (χ2n) is 5.54. The highest BCUT2D eigenvalue weighted by Gasteiger charge is 2.33. The zero-order valence-corrected chi connectivity index (χ0v) is 14.7. The van der Waals surface area contributed by atoms with E-state index in [0.29, 0.717) is 32.7 Å². The van der Waals surface area contributed by atoms with Gasteiger partial charge in [0.2, 0.25) is 15.9 Å². The van der Waals surface area contributed by atoms with Crippen LogP contribution in [0.1, 0.15) is 25.7 Å². The van der Waals surface area contributed by atoms with Gasteiger partial charge in [-0.3, -0.25) is 4.79 Å². The molecule has 23 heavy (non-hydrogen) atoms. The average molecular weight is 343 g/mol. The van der Waals surface area contributed by atoms with Gasteiger partial charge in [0.05, 0.1) is 0 Å². The zero-order valence-electron chi connectivity index (χ0n) is 13.9. The fourth-order valence-electron chi connectivity index (χ4n) is 2.88. The molecule has 1 N–H and O–H groups in total. The number of amides is 1. The molecule has 1 aromatic rings. The Hall–Kier alpha value is -1.45. The molecule has 1 fully saturated rings. The Kier molecular flexibility index (Phi) is 5.77. The van der Waals surface area contributed by atoms with E-state index in [-0.39, 0.29) is 11.9 Å². The number of rotatable bonds is 6. The van der Waals surface area contributed by atoms with Gasteiger partial charge in [-0.05, 0) is 0 Å². The first-order valence-electron chi connectivity index (χ1n) is 7.86. The molecule has 2 heterocycles. The molecule has 0 saturated carbocycles. The van der Waals surface area contributed by atoms with Gasteiger partial charge in [0.25, 0.3) is 0 Å². The minimum absolute atomic E-state index is 0.247. The molecule has 1 aliphatic heterocycles. The van der Waals surface area contributed by atoms with Crippen molar-refractivity contribution in [2.45, 2.75) is 19.9 Å². The Bertz CT molecular complexity index is 639. The fourth-order valence-corrected chi connectivity index (χ4v) is 4.33. The molecular weight excluding hydrogens is 318 g/mol. The average Bonchev–Trinajstić information content (AvgIpc) is 2.93. The largest absolute Gasteiger partial charge is 0.336 e. The summed E-state index contributed by atoms with van der Waals surface area (Å²) in [5.74, 6) is -0.104. The van der Waals surface area contributed by atoms with Crippen LogP contribution in [0.4, 0.5) is 0 Å². The topological polar surface area (TPSA) is 87.5 Å². The first-order chi connectivity index (χ1) is 10.9. The molecule has 2 rings (SSSR count). The molecule has 0 aromatic carbocycles. The zero-order chi connectivity index (χ0) is 17.0. The predicted octanol–water partition coefficient (Wildman–Crippen LogP) is -0.435. The smallest absolute Gasteiger partial charge is 0.239 e. The lowest BCUT2D eigenvalue weighted by molar-refractivity contribution is -0.132. The molecule has 9 heteroatoms. The number of carbonyl (C=O) groups excluding carboxylic acids is 1. The molecule has 1 unspecified atom stereocenters. The van der Waals surface area contributed by atoms with Crippen LogP contribution in [0.25, 0.3) is 0 Å². The van der Waals surface area contributed by atoms with E-state index in [1.165, 1.54) is 4.31 Å². The van der Waals surface area contributed by atoms with Crippen molar-refractivity contribution >= 4 is 15.9 Å². The Morgan fingerprint density at radius 1 is 1.43 bits per heavy atom. The quantitative estimate of drug-likeness (QED) is 0.757. The van der Waals surface area contributed by atoms with Crippen molar-refractivity contribution in [3.8, 4) is 0 Å². The van der Waals surface area contributed by atoms with Crippen LogP contribution in [0.5, 0.6) is 0 Å². The van der Waals surface area contributed by atoms with E-state index in [4.69, 9.17) is 0 Å². The number of imidazole rings is 1. The van der Waals surface area contributed by atoms with Gasteiger partial charge in [0.15, 0.2) is 0 Å². The van der Waals surface area contributed by atoms with E-state index in [1.54, 1.807) is 24.9 Å². The summed E-state index contributed by atoms with van der Waals surface area (Å²) in [6.07, 6.45) is 3.50. The maximum absolute atomic E-state index is 12.6. The van der Waals surface area contributed by atoms with E-state index in [1.807, 2.05) is 17.8 Å². The maximum atomic E-state index is 12.6. The van der Waals surface area contributed by atoms with Crippen LogP contribution in [-0.4, -0.2) is 71.6 Å². The summed E-state index contributed by atoms with van der Waals surface area (Å²) in [7, 11) is -1.71. The van der Waals surface area contributed by atoms with Crippen LogP contribution in [-0.2, 0) is 21.9 Å². The lowest BCUT2D eigenvalue weighted by Crippen LogP contribution is -2.51. The number of sulfonamides is 1. The molecule has 1 aliphatic rings. The SMILES string of the molecule is CCN(CC)S(=O)(=O)CC(=O)N1CCNCC1c1nccn1C. The van der Waals surface area contributed by atoms with E-state index in [2.05, 4.69) is 10.3 Å². The molecule has 0 spiro atoms. The number of hydrogen-bond donors (Lipinski definition) is 1. The standard InChI is InChI=1S/C14H25N5O3S/c1-4-18(5-2)23(21,22)11-13(20)19-9-6-15-10-12(19)14-16-7-8-17(14)3/h7-8,12,15H,4-6,9-11H2,1-3H3. The number of hydrogen-bond acceptors (Lipinski definition) is 5. The van der Waals surface area contributed by atoms with Crippen molar-refractivity contribution in [3.05, 3.63) is 18.2 Å². The molecule has 1 saturated heterocycles. The van der Waals surface area contributed by atoms with Gasteiger partial charge in [0, 0.05) is 52.2 Å². The Labute approximate surface area is 137 Å². The van der Waals surface area contributed by atoms with Crippen LogP contribution < -0.4 is 5.32 Å². The fraction of sp³-hybridized carbons (Fsp3) is 0.714. The van der Waals surface area contributed by atoms with Gasteiger partial charge in [-0.15, -0.1) is 0 Å². The lowest BCUT2D eigenvalue weighted by atomic mass is 10.1. The highest BCUT2D eigenvalue weighted by atomic mass is 32.2. The van der Waals surface area contributed by atoms with E-state index in [9.17, 15) is 13.2 Å². The monoisotopic (exact) mass is 343 g/mol. The third kappa shape index (κ3) is 3.91. The van der Waals surface area contributed by atoms with Gasteiger partial charge in [-0.25, -0.2) is 17.7 Å². The van der Waals surface area contributed by atoms with Crippen molar-refractivity contribution in [2.24, 2.45) is 7.05 Å².